The van der Waals surface area contributed by atoms with Gasteiger partial charge in [0.25, 0.3) is 10.0 Å². The fourth-order valence-electron chi connectivity index (χ4n) is 1.89. The summed E-state index contributed by atoms with van der Waals surface area (Å²) in [7, 11) is -7.37. The maximum atomic E-state index is 12.4. The van der Waals surface area contributed by atoms with E-state index in [2.05, 4.69) is 4.72 Å². The Labute approximate surface area is 135 Å². The Kier molecular flexibility index (Phi) is 4.58. The fourth-order valence-corrected chi connectivity index (χ4v) is 3.65. The summed E-state index contributed by atoms with van der Waals surface area (Å²) in [6.45, 7) is 1.34. The summed E-state index contributed by atoms with van der Waals surface area (Å²) < 4.78 is 50.1. The lowest BCUT2D eigenvalue weighted by Gasteiger charge is -2.10. The van der Waals surface area contributed by atoms with Crippen molar-refractivity contribution in [3.8, 4) is 0 Å². The molecule has 0 atom stereocenters. The third-order valence-corrected chi connectivity index (χ3v) is 5.55. The molecule has 0 fully saturated rings. The molecule has 0 heterocycles. The summed E-state index contributed by atoms with van der Waals surface area (Å²) in [5.41, 5.74) is 0.402. The molecule has 0 aliphatic rings. The number of hydrogen-bond donors (Lipinski definition) is 1. The lowest BCUT2D eigenvalue weighted by atomic mass is 10.2. The van der Waals surface area contributed by atoms with Crippen LogP contribution in [0.15, 0.2) is 58.3 Å². The molecule has 0 saturated carbocycles. The number of sulfonamides is 1. The molecular weight excluding hydrogens is 338 g/mol. The monoisotopic (exact) mass is 353 g/mol. The van der Waals surface area contributed by atoms with E-state index in [4.69, 9.17) is 0 Å². The van der Waals surface area contributed by atoms with Gasteiger partial charge in [-0.15, -0.1) is 0 Å². The largest absolute Gasteiger partial charge is 0.295 e. The zero-order valence-corrected chi connectivity index (χ0v) is 14.1. The predicted octanol–water partition coefficient (Wildman–Crippen LogP) is 2.09. The highest BCUT2D eigenvalue weighted by molar-refractivity contribution is 7.92. The van der Waals surface area contributed by atoms with Crippen LogP contribution in [0.4, 0.5) is 5.69 Å². The van der Waals surface area contributed by atoms with Crippen LogP contribution in [0.2, 0.25) is 0 Å². The molecule has 0 aromatic heterocycles. The van der Waals surface area contributed by atoms with Crippen molar-refractivity contribution in [3.63, 3.8) is 0 Å². The van der Waals surface area contributed by atoms with E-state index in [9.17, 15) is 21.6 Å². The number of carbonyl (C=O) groups excluding carboxylic acids is 1. The maximum absolute atomic E-state index is 12.4. The van der Waals surface area contributed by atoms with Gasteiger partial charge in [-0.05, 0) is 37.3 Å². The molecule has 6 nitrogen and oxygen atoms in total. The average Bonchev–Trinajstić information content (AvgIpc) is 2.46. The van der Waals surface area contributed by atoms with Crippen molar-refractivity contribution in [3.05, 3.63) is 54.1 Å². The molecule has 23 heavy (non-hydrogen) atoms. The lowest BCUT2D eigenvalue weighted by molar-refractivity contribution is 0.101. The summed E-state index contributed by atoms with van der Waals surface area (Å²) in [6.07, 6.45) is 1.04. The molecule has 8 heteroatoms. The van der Waals surface area contributed by atoms with Crippen molar-refractivity contribution in [2.75, 3.05) is 11.0 Å². The van der Waals surface area contributed by atoms with Gasteiger partial charge < -0.3 is 0 Å². The Balaban J connectivity index is 2.39. The maximum Gasteiger partial charge on any atom is 0.261 e. The van der Waals surface area contributed by atoms with Gasteiger partial charge in [-0.25, -0.2) is 16.8 Å². The second kappa shape index (κ2) is 6.13. The van der Waals surface area contributed by atoms with Gasteiger partial charge in [0.15, 0.2) is 15.6 Å². The van der Waals surface area contributed by atoms with Crippen molar-refractivity contribution in [2.24, 2.45) is 0 Å². The molecule has 0 unspecified atom stereocenters. The average molecular weight is 353 g/mol. The second-order valence-corrected chi connectivity index (χ2v) is 8.69. The predicted molar refractivity (Wildman–Crippen MR) is 86.8 cm³/mol. The number of carbonyl (C=O) groups is 1. The zero-order valence-electron chi connectivity index (χ0n) is 12.5. The van der Waals surface area contributed by atoms with E-state index in [1.165, 1.54) is 55.5 Å². The Morgan fingerprint density at radius 1 is 0.913 bits per heavy atom. The first-order valence-corrected chi connectivity index (χ1v) is 9.91. The van der Waals surface area contributed by atoms with Gasteiger partial charge in [0.1, 0.15) is 0 Å². The lowest BCUT2D eigenvalue weighted by Crippen LogP contribution is -2.14. The minimum atomic E-state index is -3.93. The molecular formula is C15H15NO5S2. The van der Waals surface area contributed by atoms with Gasteiger partial charge in [-0.3, -0.25) is 9.52 Å². The van der Waals surface area contributed by atoms with Crippen molar-refractivity contribution in [2.45, 2.75) is 16.7 Å². The Morgan fingerprint density at radius 3 is 2.13 bits per heavy atom. The standard InChI is InChI=1S/C15H15NO5S2/c1-11(17)12-5-3-8-15(9-12)23(20,21)16-13-6-4-7-14(10-13)22(2,18)19/h3-10,16H,1-2H3. The summed E-state index contributed by atoms with van der Waals surface area (Å²) >= 11 is 0. The van der Waals surface area contributed by atoms with Crippen LogP contribution in [0.5, 0.6) is 0 Å². The Bertz CT molecular complexity index is 963. The molecule has 122 valence electrons. The third kappa shape index (κ3) is 4.17. The number of nitrogens with one attached hydrogen (secondary N) is 1. The topological polar surface area (TPSA) is 97.4 Å². The van der Waals surface area contributed by atoms with Gasteiger partial charge in [-0.1, -0.05) is 18.2 Å². The number of Topliss-reactive ketones (excluding diaryl/α,β-unsaturated/α-hetero) is 1. The Hall–Kier alpha value is -2.19. The van der Waals surface area contributed by atoms with Crippen LogP contribution in [0.3, 0.4) is 0 Å². The molecule has 0 aliphatic carbocycles. The minimum Gasteiger partial charge on any atom is -0.295 e. The molecule has 0 radical (unpaired) electrons. The second-order valence-electron chi connectivity index (χ2n) is 4.99. The first-order valence-electron chi connectivity index (χ1n) is 6.53. The van der Waals surface area contributed by atoms with E-state index in [0.717, 1.165) is 6.26 Å². The van der Waals surface area contributed by atoms with Crippen molar-refractivity contribution >= 4 is 31.3 Å². The number of sulfone groups is 1. The van der Waals surface area contributed by atoms with E-state index in [1.54, 1.807) is 0 Å². The fraction of sp³-hybridized carbons (Fsp3) is 0.133. The highest BCUT2D eigenvalue weighted by atomic mass is 32.2. The smallest absolute Gasteiger partial charge is 0.261 e. The van der Waals surface area contributed by atoms with E-state index in [-0.39, 0.29) is 26.8 Å². The summed E-state index contributed by atoms with van der Waals surface area (Å²) in [6, 6.07) is 11.1. The molecule has 0 amide bonds. The number of ketones is 1. The van der Waals surface area contributed by atoms with Crippen LogP contribution in [0, 0.1) is 0 Å². The van der Waals surface area contributed by atoms with E-state index < -0.39 is 19.9 Å². The molecule has 0 spiro atoms. The van der Waals surface area contributed by atoms with Crippen molar-refractivity contribution in [1.29, 1.82) is 0 Å². The van der Waals surface area contributed by atoms with E-state index in [0.29, 0.717) is 0 Å². The van der Waals surface area contributed by atoms with Crippen molar-refractivity contribution in [1.82, 2.24) is 0 Å². The normalized spacial score (nSPS) is 11.9. The van der Waals surface area contributed by atoms with Crippen LogP contribution in [0.1, 0.15) is 17.3 Å². The van der Waals surface area contributed by atoms with Gasteiger partial charge in [0.2, 0.25) is 0 Å². The van der Waals surface area contributed by atoms with Gasteiger partial charge in [0, 0.05) is 11.8 Å². The molecule has 2 rings (SSSR count). The molecule has 2 aromatic rings. The SMILES string of the molecule is CC(=O)c1cccc(S(=O)(=O)Nc2cccc(S(C)(=O)=O)c2)c1. The van der Waals surface area contributed by atoms with Gasteiger partial charge in [-0.2, -0.15) is 0 Å². The molecule has 1 N–H and O–H groups in total. The van der Waals surface area contributed by atoms with Crippen LogP contribution >= 0.6 is 0 Å². The van der Waals surface area contributed by atoms with Crippen LogP contribution in [-0.2, 0) is 19.9 Å². The van der Waals surface area contributed by atoms with Crippen LogP contribution < -0.4 is 4.72 Å². The Morgan fingerprint density at radius 2 is 1.52 bits per heavy atom. The first-order chi connectivity index (χ1) is 10.6. The number of rotatable bonds is 5. The molecule has 0 bridgehead atoms. The van der Waals surface area contributed by atoms with Crippen LogP contribution in [-0.4, -0.2) is 28.9 Å². The van der Waals surface area contributed by atoms with E-state index in [1.807, 2.05) is 0 Å². The summed E-state index contributed by atoms with van der Waals surface area (Å²) in [5.74, 6) is -0.249. The minimum absolute atomic E-state index is 0.00943. The number of anilines is 1. The first kappa shape index (κ1) is 17.2. The highest BCUT2D eigenvalue weighted by Gasteiger charge is 2.16. The van der Waals surface area contributed by atoms with Crippen LogP contribution in [0.25, 0.3) is 0 Å². The molecule has 2 aromatic carbocycles. The zero-order chi connectivity index (χ0) is 17.3. The summed E-state index contributed by atoms with van der Waals surface area (Å²) in [4.78, 5) is 11.3. The highest BCUT2D eigenvalue weighted by Crippen LogP contribution is 2.20. The van der Waals surface area contributed by atoms with E-state index >= 15 is 0 Å². The third-order valence-electron chi connectivity index (χ3n) is 3.07. The molecule has 0 aliphatic heterocycles. The van der Waals surface area contributed by atoms with Gasteiger partial charge in [0.05, 0.1) is 15.5 Å². The van der Waals surface area contributed by atoms with Crippen molar-refractivity contribution < 1.29 is 21.6 Å². The number of hydrogen-bond acceptors (Lipinski definition) is 5. The quantitative estimate of drug-likeness (QED) is 0.830. The number of benzene rings is 2. The summed E-state index contributed by atoms with van der Waals surface area (Å²) in [5, 5.41) is 0. The molecule has 0 saturated heterocycles. The van der Waals surface area contributed by atoms with Gasteiger partial charge >= 0.3 is 0 Å².